The SMILES string of the molecule is C=CCNC(C(=O)OCC)c1ncc(Cl)s1. The first-order valence-electron chi connectivity index (χ1n) is 4.81. The summed E-state index contributed by atoms with van der Waals surface area (Å²) in [5.41, 5.74) is 0. The predicted octanol–water partition coefficient (Wildman–Crippen LogP) is 2.18. The molecule has 0 aliphatic carbocycles. The van der Waals surface area contributed by atoms with E-state index in [-0.39, 0.29) is 5.97 Å². The van der Waals surface area contributed by atoms with Gasteiger partial charge in [-0.15, -0.1) is 17.9 Å². The highest BCUT2D eigenvalue weighted by Crippen LogP contribution is 2.24. The second kappa shape index (κ2) is 6.62. The second-order valence-electron chi connectivity index (χ2n) is 2.88. The summed E-state index contributed by atoms with van der Waals surface area (Å²) in [6.07, 6.45) is 3.19. The van der Waals surface area contributed by atoms with Crippen molar-refractivity contribution in [2.24, 2.45) is 0 Å². The van der Waals surface area contributed by atoms with Crippen LogP contribution in [0, 0.1) is 0 Å². The molecule has 16 heavy (non-hydrogen) atoms. The van der Waals surface area contributed by atoms with Crippen molar-refractivity contribution < 1.29 is 9.53 Å². The van der Waals surface area contributed by atoms with E-state index >= 15 is 0 Å². The molecule has 1 aromatic heterocycles. The molecule has 0 spiro atoms. The lowest BCUT2D eigenvalue weighted by molar-refractivity contribution is -0.145. The van der Waals surface area contributed by atoms with Crippen LogP contribution in [0.3, 0.4) is 0 Å². The molecule has 0 amide bonds. The molecule has 0 bridgehead atoms. The number of halogens is 1. The van der Waals surface area contributed by atoms with Gasteiger partial charge < -0.3 is 4.74 Å². The molecule has 6 heteroatoms. The van der Waals surface area contributed by atoms with E-state index in [0.717, 1.165) is 0 Å². The first-order valence-corrected chi connectivity index (χ1v) is 6.00. The molecule has 0 radical (unpaired) electrons. The van der Waals surface area contributed by atoms with Crippen molar-refractivity contribution in [1.29, 1.82) is 0 Å². The second-order valence-corrected chi connectivity index (χ2v) is 4.58. The lowest BCUT2D eigenvalue weighted by Crippen LogP contribution is -2.30. The Morgan fingerprint density at radius 2 is 2.62 bits per heavy atom. The van der Waals surface area contributed by atoms with Crippen molar-refractivity contribution in [2.75, 3.05) is 13.2 Å². The average molecular weight is 261 g/mol. The van der Waals surface area contributed by atoms with Gasteiger partial charge in [-0.2, -0.15) is 0 Å². The first kappa shape index (κ1) is 13.2. The summed E-state index contributed by atoms with van der Waals surface area (Å²) in [4.78, 5) is 15.7. The van der Waals surface area contributed by atoms with Crippen molar-refractivity contribution >= 4 is 28.9 Å². The first-order chi connectivity index (χ1) is 7.69. The molecule has 1 N–H and O–H groups in total. The summed E-state index contributed by atoms with van der Waals surface area (Å²) < 4.78 is 5.50. The topological polar surface area (TPSA) is 51.2 Å². The Labute approximate surface area is 103 Å². The lowest BCUT2D eigenvalue weighted by Gasteiger charge is -2.13. The van der Waals surface area contributed by atoms with Gasteiger partial charge in [-0.05, 0) is 6.92 Å². The van der Waals surface area contributed by atoms with Gasteiger partial charge in [0.15, 0.2) is 6.04 Å². The highest BCUT2D eigenvalue weighted by molar-refractivity contribution is 7.16. The Kier molecular flexibility index (Phi) is 5.45. The summed E-state index contributed by atoms with van der Waals surface area (Å²) in [6, 6.07) is -0.574. The highest BCUT2D eigenvalue weighted by atomic mass is 35.5. The number of nitrogens with zero attached hydrogens (tertiary/aromatic N) is 1. The van der Waals surface area contributed by atoms with Crippen molar-refractivity contribution in [2.45, 2.75) is 13.0 Å². The van der Waals surface area contributed by atoms with Crippen LogP contribution in [0.2, 0.25) is 4.34 Å². The Bertz CT molecular complexity index is 367. The summed E-state index contributed by atoms with van der Waals surface area (Å²) in [5, 5.41) is 3.58. The molecule has 0 fully saturated rings. The number of hydrogen-bond donors (Lipinski definition) is 1. The summed E-state index contributed by atoms with van der Waals surface area (Å²) >= 11 is 7.03. The maximum atomic E-state index is 11.7. The number of aromatic nitrogens is 1. The number of carbonyl (C=O) groups is 1. The molecule has 0 saturated heterocycles. The van der Waals surface area contributed by atoms with E-state index in [0.29, 0.717) is 22.5 Å². The van der Waals surface area contributed by atoms with Crippen LogP contribution < -0.4 is 5.32 Å². The van der Waals surface area contributed by atoms with Gasteiger partial charge in [0.05, 0.1) is 12.8 Å². The standard InChI is InChI=1S/C10H13ClN2O2S/c1-3-5-12-8(10(14)15-4-2)9-13-6-7(11)16-9/h3,6,8,12H,1,4-5H2,2H3. The van der Waals surface area contributed by atoms with Crippen LogP contribution in [0.15, 0.2) is 18.9 Å². The number of rotatable bonds is 6. The van der Waals surface area contributed by atoms with Crippen LogP contribution in [-0.4, -0.2) is 24.1 Å². The molecule has 1 rings (SSSR count). The van der Waals surface area contributed by atoms with E-state index in [1.165, 1.54) is 17.5 Å². The van der Waals surface area contributed by atoms with Gasteiger partial charge >= 0.3 is 5.97 Å². The van der Waals surface area contributed by atoms with Gasteiger partial charge in [0.25, 0.3) is 0 Å². The van der Waals surface area contributed by atoms with Gasteiger partial charge in [0.1, 0.15) is 9.34 Å². The van der Waals surface area contributed by atoms with E-state index in [9.17, 15) is 4.79 Å². The summed E-state index contributed by atoms with van der Waals surface area (Å²) in [5.74, 6) is -0.352. The van der Waals surface area contributed by atoms with Crippen molar-refractivity contribution in [3.63, 3.8) is 0 Å². The molecular formula is C10H13ClN2O2S. The van der Waals surface area contributed by atoms with Crippen LogP contribution in [-0.2, 0) is 9.53 Å². The number of ether oxygens (including phenoxy) is 1. The Morgan fingerprint density at radius 1 is 1.88 bits per heavy atom. The van der Waals surface area contributed by atoms with Crippen LogP contribution in [0.1, 0.15) is 18.0 Å². The predicted molar refractivity (Wildman–Crippen MR) is 64.7 cm³/mol. The number of esters is 1. The molecule has 0 aromatic carbocycles. The largest absolute Gasteiger partial charge is 0.465 e. The van der Waals surface area contributed by atoms with Crippen molar-refractivity contribution in [1.82, 2.24) is 10.3 Å². The van der Waals surface area contributed by atoms with E-state index in [1.807, 2.05) is 0 Å². The fraction of sp³-hybridized carbons (Fsp3) is 0.400. The van der Waals surface area contributed by atoms with Crippen molar-refractivity contribution in [3.8, 4) is 0 Å². The Hall–Kier alpha value is -0.910. The minimum atomic E-state index is -0.574. The van der Waals surface area contributed by atoms with Gasteiger partial charge in [0, 0.05) is 6.54 Å². The number of nitrogens with one attached hydrogen (secondary N) is 1. The number of carbonyl (C=O) groups excluding carboxylic acids is 1. The van der Waals surface area contributed by atoms with Gasteiger partial charge in [-0.1, -0.05) is 17.7 Å². The molecule has 1 unspecified atom stereocenters. The minimum Gasteiger partial charge on any atom is -0.465 e. The number of hydrogen-bond acceptors (Lipinski definition) is 5. The van der Waals surface area contributed by atoms with E-state index < -0.39 is 6.04 Å². The Morgan fingerprint density at radius 3 is 3.12 bits per heavy atom. The maximum absolute atomic E-state index is 11.7. The molecule has 88 valence electrons. The van der Waals surface area contributed by atoms with Gasteiger partial charge in [-0.3, -0.25) is 5.32 Å². The molecular weight excluding hydrogens is 248 g/mol. The molecule has 1 heterocycles. The van der Waals surface area contributed by atoms with Crippen LogP contribution >= 0.6 is 22.9 Å². The average Bonchev–Trinajstić information content (AvgIpc) is 2.66. The van der Waals surface area contributed by atoms with E-state index in [1.54, 1.807) is 13.0 Å². The molecule has 0 aliphatic heterocycles. The van der Waals surface area contributed by atoms with Gasteiger partial charge in [0.2, 0.25) is 0 Å². The summed E-state index contributed by atoms with van der Waals surface area (Å²) in [6.45, 7) is 6.18. The fourth-order valence-corrected chi connectivity index (χ4v) is 2.09. The molecule has 0 aliphatic rings. The summed E-state index contributed by atoms with van der Waals surface area (Å²) in [7, 11) is 0. The monoisotopic (exact) mass is 260 g/mol. The molecule has 1 atom stereocenters. The zero-order valence-electron chi connectivity index (χ0n) is 8.90. The lowest BCUT2D eigenvalue weighted by atomic mass is 10.3. The molecule has 0 saturated carbocycles. The maximum Gasteiger partial charge on any atom is 0.330 e. The highest BCUT2D eigenvalue weighted by Gasteiger charge is 2.24. The molecule has 1 aromatic rings. The quantitative estimate of drug-likeness (QED) is 0.629. The minimum absolute atomic E-state index is 0.338. The van der Waals surface area contributed by atoms with Crippen LogP contribution in [0.5, 0.6) is 0 Å². The van der Waals surface area contributed by atoms with E-state index in [4.69, 9.17) is 16.3 Å². The third kappa shape index (κ3) is 3.59. The van der Waals surface area contributed by atoms with Crippen LogP contribution in [0.25, 0.3) is 0 Å². The van der Waals surface area contributed by atoms with Crippen molar-refractivity contribution in [3.05, 3.63) is 28.2 Å². The van der Waals surface area contributed by atoms with Crippen LogP contribution in [0.4, 0.5) is 0 Å². The zero-order chi connectivity index (χ0) is 12.0. The number of thiazole rings is 1. The normalized spacial score (nSPS) is 12.1. The fourth-order valence-electron chi connectivity index (χ4n) is 1.10. The third-order valence-electron chi connectivity index (χ3n) is 1.73. The van der Waals surface area contributed by atoms with Gasteiger partial charge in [-0.25, -0.2) is 9.78 Å². The zero-order valence-corrected chi connectivity index (χ0v) is 10.5. The van der Waals surface area contributed by atoms with E-state index in [2.05, 4.69) is 16.9 Å². The smallest absolute Gasteiger partial charge is 0.330 e. The molecule has 4 nitrogen and oxygen atoms in total. The third-order valence-corrected chi connectivity index (χ3v) is 2.91. The Balaban J connectivity index is 2.77.